The Hall–Kier alpha value is -0.0800. The standard InChI is InChI=1S/C5H10NO/c1-6(2)3-5-4-7-5/h3,5H,4H2,1-2H3. The maximum Gasteiger partial charge on any atom is 0.0980 e. The molecule has 0 N–H and O–H groups in total. The Labute approximate surface area is 44.1 Å². The van der Waals surface area contributed by atoms with Gasteiger partial charge in [0.15, 0.2) is 0 Å². The van der Waals surface area contributed by atoms with Crippen LogP contribution in [0.5, 0.6) is 0 Å². The molecule has 2 heteroatoms. The molecule has 0 bridgehead atoms. The third-order valence-electron chi connectivity index (χ3n) is 0.824. The van der Waals surface area contributed by atoms with Gasteiger partial charge in [0.25, 0.3) is 0 Å². The van der Waals surface area contributed by atoms with Crippen LogP contribution < -0.4 is 0 Å². The summed E-state index contributed by atoms with van der Waals surface area (Å²) in [7, 11) is 4.00. The van der Waals surface area contributed by atoms with Crippen LogP contribution in [0.2, 0.25) is 0 Å². The number of nitrogens with zero attached hydrogens (tertiary/aromatic N) is 1. The summed E-state index contributed by atoms with van der Waals surface area (Å²) >= 11 is 0. The molecule has 2 nitrogen and oxygen atoms in total. The van der Waals surface area contributed by atoms with Crippen molar-refractivity contribution in [3.8, 4) is 0 Å². The first-order valence-electron chi connectivity index (χ1n) is 2.42. The Morgan fingerprint density at radius 2 is 2.29 bits per heavy atom. The molecule has 7 heavy (non-hydrogen) atoms. The monoisotopic (exact) mass is 100 g/mol. The number of hydrogen-bond acceptors (Lipinski definition) is 2. The normalized spacial score (nSPS) is 28.7. The van der Waals surface area contributed by atoms with E-state index in [1.807, 2.05) is 19.0 Å². The van der Waals surface area contributed by atoms with Crippen LogP contribution >= 0.6 is 0 Å². The molecule has 0 spiro atoms. The quantitative estimate of drug-likeness (QED) is 0.458. The van der Waals surface area contributed by atoms with Crippen LogP contribution in [0.3, 0.4) is 0 Å². The van der Waals surface area contributed by atoms with Crippen molar-refractivity contribution in [2.75, 3.05) is 20.7 Å². The second-order valence-electron chi connectivity index (χ2n) is 1.98. The van der Waals surface area contributed by atoms with Crippen molar-refractivity contribution in [1.29, 1.82) is 0 Å². The third kappa shape index (κ3) is 1.90. The van der Waals surface area contributed by atoms with E-state index in [0.29, 0.717) is 6.10 Å². The Morgan fingerprint density at radius 1 is 1.71 bits per heavy atom. The predicted octanol–water partition coefficient (Wildman–Crippen LogP) is 0.109. The van der Waals surface area contributed by atoms with Gasteiger partial charge in [0.05, 0.1) is 19.3 Å². The molecule has 1 fully saturated rings. The Balaban J connectivity index is 1.97. The lowest BCUT2D eigenvalue weighted by atomic mass is 10.5. The Bertz CT molecular complexity index is 59.1. The number of epoxide rings is 1. The fourth-order valence-electron chi connectivity index (χ4n) is 0.474. The summed E-state index contributed by atoms with van der Waals surface area (Å²) < 4.78 is 4.92. The lowest BCUT2D eigenvalue weighted by Gasteiger charge is -2.02. The minimum absolute atomic E-state index is 0.426. The van der Waals surface area contributed by atoms with Crippen LogP contribution in [0.25, 0.3) is 0 Å². The second-order valence-corrected chi connectivity index (χ2v) is 1.98. The molecular weight excluding hydrogens is 90.1 g/mol. The van der Waals surface area contributed by atoms with Crippen molar-refractivity contribution in [3.05, 3.63) is 6.54 Å². The van der Waals surface area contributed by atoms with Crippen molar-refractivity contribution in [3.63, 3.8) is 0 Å². The highest BCUT2D eigenvalue weighted by atomic mass is 16.6. The van der Waals surface area contributed by atoms with E-state index < -0.39 is 0 Å². The van der Waals surface area contributed by atoms with Gasteiger partial charge in [-0.3, -0.25) is 0 Å². The fourth-order valence-corrected chi connectivity index (χ4v) is 0.474. The van der Waals surface area contributed by atoms with Gasteiger partial charge in [-0.1, -0.05) is 0 Å². The van der Waals surface area contributed by atoms with Crippen LogP contribution in [0.4, 0.5) is 0 Å². The van der Waals surface area contributed by atoms with Gasteiger partial charge < -0.3 is 9.64 Å². The molecule has 41 valence electrons. The summed E-state index contributed by atoms with van der Waals surface area (Å²) in [5.41, 5.74) is 0. The van der Waals surface area contributed by atoms with E-state index in [1.54, 1.807) is 0 Å². The van der Waals surface area contributed by atoms with Crippen molar-refractivity contribution >= 4 is 0 Å². The van der Waals surface area contributed by atoms with E-state index in [2.05, 4.69) is 6.54 Å². The molecule has 0 aromatic rings. The number of likely N-dealkylation sites (N-methyl/N-ethyl adjacent to an activating group) is 1. The maximum atomic E-state index is 4.92. The summed E-state index contributed by atoms with van der Waals surface area (Å²) in [5, 5.41) is 0. The number of hydrogen-bond donors (Lipinski definition) is 0. The molecule has 1 aliphatic heterocycles. The van der Waals surface area contributed by atoms with Gasteiger partial charge in [0, 0.05) is 0 Å². The van der Waals surface area contributed by atoms with Gasteiger partial charge in [-0.2, -0.15) is 0 Å². The second kappa shape index (κ2) is 1.80. The summed E-state index contributed by atoms with van der Waals surface area (Å²) in [6, 6.07) is 0. The molecule has 0 amide bonds. The predicted molar refractivity (Wildman–Crippen MR) is 27.7 cm³/mol. The first-order chi connectivity index (χ1) is 3.29. The van der Waals surface area contributed by atoms with Crippen molar-refractivity contribution in [2.24, 2.45) is 0 Å². The van der Waals surface area contributed by atoms with Gasteiger partial charge in [0.2, 0.25) is 0 Å². The van der Waals surface area contributed by atoms with Gasteiger partial charge in [-0.25, -0.2) is 0 Å². The molecule has 0 aromatic carbocycles. The average molecular weight is 100 g/mol. The summed E-state index contributed by atoms with van der Waals surface area (Å²) in [6.07, 6.45) is 0.426. The Kier molecular flexibility index (Phi) is 1.30. The number of rotatable bonds is 2. The summed E-state index contributed by atoms with van der Waals surface area (Å²) in [5.74, 6) is 0. The van der Waals surface area contributed by atoms with Gasteiger partial charge >= 0.3 is 0 Å². The van der Waals surface area contributed by atoms with Crippen LogP contribution in [-0.2, 0) is 4.74 Å². The SMILES string of the molecule is CN(C)[CH]C1CO1. The van der Waals surface area contributed by atoms with E-state index in [-0.39, 0.29) is 0 Å². The third-order valence-corrected chi connectivity index (χ3v) is 0.824. The van der Waals surface area contributed by atoms with Crippen molar-refractivity contribution in [2.45, 2.75) is 6.10 Å². The minimum Gasteiger partial charge on any atom is -0.371 e. The summed E-state index contributed by atoms with van der Waals surface area (Å²) in [6.45, 7) is 2.97. The molecule has 1 saturated heterocycles. The van der Waals surface area contributed by atoms with Gasteiger partial charge in [0.1, 0.15) is 0 Å². The Morgan fingerprint density at radius 3 is 2.43 bits per heavy atom. The zero-order valence-corrected chi connectivity index (χ0v) is 4.72. The maximum absolute atomic E-state index is 4.92. The molecule has 1 atom stereocenters. The molecule has 1 aliphatic rings. The van der Waals surface area contributed by atoms with E-state index >= 15 is 0 Å². The molecule has 1 unspecified atom stereocenters. The van der Waals surface area contributed by atoms with Gasteiger partial charge in [-0.15, -0.1) is 0 Å². The van der Waals surface area contributed by atoms with E-state index in [4.69, 9.17) is 4.74 Å². The zero-order valence-electron chi connectivity index (χ0n) is 4.72. The number of ether oxygens (including phenoxy) is 1. The summed E-state index contributed by atoms with van der Waals surface area (Å²) in [4.78, 5) is 2.01. The van der Waals surface area contributed by atoms with E-state index in [9.17, 15) is 0 Å². The molecule has 0 aromatic heterocycles. The lowest BCUT2D eigenvalue weighted by molar-refractivity contribution is 0.373. The largest absolute Gasteiger partial charge is 0.371 e. The first kappa shape index (κ1) is 5.06. The first-order valence-corrected chi connectivity index (χ1v) is 2.42. The van der Waals surface area contributed by atoms with Gasteiger partial charge in [-0.05, 0) is 14.1 Å². The molecule has 1 radical (unpaired) electrons. The molecule has 1 heterocycles. The highest BCUT2D eigenvalue weighted by molar-refractivity contribution is 4.82. The van der Waals surface area contributed by atoms with E-state index in [1.165, 1.54) is 0 Å². The van der Waals surface area contributed by atoms with Crippen LogP contribution in [-0.4, -0.2) is 31.7 Å². The van der Waals surface area contributed by atoms with Crippen LogP contribution in [0, 0.1) is 6.54 Å². The highest BCUT2D eigenvalue weighted by Gasteiger charge is 2.22. The van der Waals surface area contributed by atoms with Crippen LogP contribution in [0.1, 0.15) is 0 Å². The van der Waals surface area contributed by atoms with Crippen molar-refractivity contribution < 1.29 is 4.74 Å². The molecule has 1 rings (SSSR count). The zero-order chi connectivity index (χ0) is 5.28. The topological polar surface area (TPSA) is 15.8 Å². The minimum atomic E-state index is 0.426. The molecule has 0 saturated carbocycles. The molecular formula is C5H10NO. The smallest absolute Gasteiger partial charge is 0.0980 e. The lowest BCUT2D eigenvalue weighted by Crippen LogP contribution is -2.10. The molecule has 0 aliphatic carbocycles. The van der Waals surface area contributed by atoms with Crippen molar-refractivity contribution in [1.82, 2.24) is 4.90 Å². The van der Waals surface area contributed by atoms with Crippen LogP contribution in [0.15, 0.2) is 0 Å². The highest BCUT2D eigenvalue weighted by Crippen LogP contribution is 2.12. The van der Waals surface area contributed by atoms with E-state index in [0.717, 1.165) is 6.61 Å². The average Bonchev–Trinajstić information content (AvgIpc) is 2.17. The fraction of sp³-hybridized carbons (Fsp3) is 0.800.